The first-order valence-corrected chi connectivity index (χ1v) is 5.94. The monoisotopic (exact) mass is 287 g/mol. The van der Waals surface area contributed by atoms with Crippen molar-refractivity contribution in [3.8, 4) is 0 Å². The van der Waals surface area contributed by atoms with Crippen LogP contribution in [0, 0.1) is 11.6 Å². The van der Waals surface area contributed by atoms with Crippen molar-refractivity contribution in [2.45, 2.75) is 6.54 Å². The quantitative estimate of drug-likeness (QED) is 0.848. The van der Waals surface area contributed by atoms with Gasteiger partial charge >= 0.3 is 0 Å². The largest absolute Gasteiger partial charge is 0.381 e. The van der Waals surface area contributed by atoms with E-state index in [0.717, 1.165) is 0 Å². The Morgan fingerprint density at radius 1 is 0.944 bits per heavy atom. The summed E-state index contributed by atoms with van der Waals surface area (Å²) in [5.41, 5.74) is 1.11. The Hall–Kier alpha value is -1.32. The van der Waals surface area contributed by atoms with Crippen LogP contribution in [0.5, 0.6) is 0 Å². The average Bonchev–Trinajstić information content (AvgIpc) is 2.29. The third kappa shape index (κ3) is 3.34. The molecule has 5 heteroatoms. The first-order valence-electron chi connectivity index (χ1n) is 5.18. The van der Waals surface area contributed by atoms with E-state index in [4.69, 9.17) is 23.2 Å². The van der Waals surface area contributed by atoms with Crippen molar-refractivity contribution in [1.29, 1.82) is 0 Å². The van der Waals surface area contributed by atoms with Gasteiger partial charge in [-0.05, 0) is 42.0 Å². The molecular weight excluding hydrogens is 279 g/mol. The third-order valence-corrected chi connectivity index (χ3v) is 2.94. The van der Waals surface area contributed by atoms with Gasteiger partial charge in [0, 0.05) is 22.3 Å². The summed E-state index contributed by atoms with van der Waals surface area (Å²) < 4.78 is 26.1. The first kappa shape index (κ1) is 13.1. The van der Waals surface area contributed by atoms with Gasteiger partial charge < -0.3 is 5.32 Å². The SMILES string of the molecule is Fc1cc(Cl)cc(NCc2cc(F)ccc2Cl)c1. The van der Waals surface area contributed by atoms with Gasteiger partial charge in [0.05, 0.1) is 0 Å². The van der Waals surface area contributed by atoms with E-state index in [1.54, 1.807) is 6.07 Å². The number of benzene rings is 2. The Kier molecular flexibility index (Phi) is 4.04. The molecule has 0 fully saturated rings. The molecular formula is C13H9Cl2F2N. The van der Waals surface area contributed by atoms with E-state index in [0.29, 0.717) is 21.3 Å². The van der Waals surface area contributed by atoms with Crippen LogP contribution in [0.15, 0.2) is 36.4 Å². The van der Waals surface area contributed by atoms with Crippen molar-refractivity contribution in [2.24, 2.45) is 0 Å². The van der Waals surface area contributed by atoms with Gasteiger partial charge in [-0.2, -0.15) is 0 Å². The molecule has 0 saturated heterocycles. The Morgan fingerprint density at radius 3 is 2.44 bits per heavy atom. The molecule has 2 aromatic rings. The van der Waals surface area contributed by atoms with Crippen LogP contribution in [0.25, 0.3) is 0 Å². The summed E-state index contributed by atoms with van der Waals surface area (Å²) in [6.45, 7) is 0.288. The molecule has 94 valence electrons. The molecule has 18 heavy (non-hydrogen) atoms. The van der Waals surface area contributed by atoms with E-state index in [1.807, 2.05) is 0 Å². The Balaban J connectivity index is 2.13. The Morgan fingerprint density at radius 2 is 1.72 bits per heavy atom. The lowest BCUT2D eigenvalue weighted by Crippen LogP contribution is -2.01. The lowest BCUT2D eigenvalue weighted by molar-refractivity contribution is 0.625. The second kappa shape index (κ2) is 5.55. The average molecular weight is 288 g/mol. The Bertz CT molecular complexity index is 553. The number of hydrogen-bond donors (Lipinski definition) is 1. The summed E-state index contributed by atoms with van der Waals surface area (Å²) in [5.74, 6) is -0.802. The van der Waals surface area contributed by atoms with Crippen molar-refractivity contribution in [1.82, 2.24) is 0 Å². The number of nitrogens with one attached hydrogen (secondary N) is 1. The highest BCUT2D eigenvalue weighted by Gasteiger charge is 2.03. The van der Waals surface area contributed by atoms with E-state index >= 15 is 0 Å². The topological polar surface area (TPSA) is 12.0 Å². The van der Waals surface area contributed by atoms with Crippen molar-refractivity contribution >= 4 is 28.9 Å². The number of anilines is 1. The fourth-order valence-corrected chi connectivity index (χ4v) is 1.94. The summed E-state index contributed by atoms with van der Waals surface area (Å²) in [4.78, 5) is 0. The maximum Gasteiger partial charge on any atom is 0.126 e. The van der Waals surface area contributed by atoms with Crippen molar-refractivity contribution in [3.63, 3.8) is 0 Å². The van der Waals surface area contributed by atoms with E-state index in [1.165, 1.54) is 30.3 Å². The molecule has 0 aliphatic rings. The lowest BCUT2D eigenvalue weighted by atomic mass is 10.2. The summed E-state index contributed by atoms with van der Waals surface area (Å²) in [6.07, 6.45) is 0. The number of hydrogen-bond acceptors (Lipinski definition) is 1. The first-order chi connectivity index (χ1) is 8.54. The minimum absolute atomic E-state index is 0.288. The zero-order valence-electron chi connectivity index (χ0n) is 9.18. The third-order valence-electron chi connectivity index (χ3n) is 2.35. The van der Waals surface area contributed by atoms with Gasteiger partial charge in [-0.25, -0.2) is 8.78 Å². The molecule has 0 bridgehead atoms. The minimum Gasteiger partial charge on any atom is -0.381 e. The van der Waals surface area contributed by atoms with Gasteiger partial charge in [0.2, 0.25) is 0 Å². The molecule has 0 saturated carbocycles. The van der Waals surface area contributed by atoms with Gasteiger partial charge in [-0.3, -0.25) is 0 Å². The van der Waals surface area contributed by atoms with Crippen molar-refractivity contribution in [3.05, 3.63) is 63.6 Å². The van der Waals surface area contributed by atoms with Crippen LogP contribution in [-0.2, 0) is 6.54 Å². The minimum atomic E-state index is -0.435. The fraction of sp³-hybridized carbons (Fsp3) is 0.0769. The van der Waals surface area contributed by atoms with Gasteiger partial charge in [0.1, 0.15) is 11.6 Å². The second-order valence-electron chi connectivity index (χ2n) is 3.75. The summed E-state index contributed by atoms with van der Waals surface area (Å²) in [6, 6.07) is 8.19. The molecule has 1 nitrogen and oxygen atoms in total. The van der Waals surface area contributed by atoms with Crippen LogP contribution in [0.1, 0.15) is 5.56 Å². The molecule has 1 N–H and O–H groups in total. The summed E-state index contributed by atoms with van der Waals surface area (Å²) in [5, 5.41) is 3.68. The zero-order chi connectivity index (χ0) is 13.1. The molecule has 2 aromatic carbocycles. The standard InChI is InChI=1S/C13H9Cl2F2N/c14-9-4-11(17)6-12(5-9)18-7-8-3-10(16)1-2-13(8)15/h1-6,18H,7H2. The highest BCUT2D eigenvalue weighted by Crippen LogP contribution is 2.21. The van der Waals surface area contributed by atoms with Crippen LogP contribution < -0.4 is 5.32 Å². The van der Waals surface area contributed by atoms with Crippen LogP contribution >= 0.6 is 23.2 Å². The second-order valence-corrected chi connectivity index (χ2v) is 4.59. The van der Waals surface area contributed by atoms with E-state index in [-0.39, 0.29) is 12.4 Å². The summed E-state index contributed by atoms with van der Waals surface area (Å²) in [7, 11) is 0. The smallest absolute Gasteiger partial charge is 0.126 e. The number of rotatable bonds is 3. The zero-order valence-corrected chi connectivity index (χ0v) is 10.7. The molecule has 0 amide bonds. The van der Waals surface area contributed by atoms with Gasteiger partial charge in [0.15, 0.2) is 0 Å². The van der Waals surface area contributed by atoms with Crippen LogP contribution in [0.3, 0.4) is 0 Å². The predicted octanol–water partition coefficient (Wildman–Crippen LogP) is 4.88. The van der Waals surface area contributed by atoms with Gasteiger partial charge in [-0.15, -0.1) is 0 Å². The van der Waals surface area contributed by atoms with E-state index in [9.17, 15) is 8.78 Å². The molecule has 0 aromatic heterocycles. The Labute approximate surface area is 113 Å². The normalized spacial score (nSPS) is 10.4. The lowest BCUT2D eigenvalue weighted by Gasteiger charge is -2.09. The fourth-order valence-electron chi connectivity index (χ4n) is 1.53. The van der Waals surface area contributed by atoms with Crippen LogP contribution in [0.4, 0.5) is 14.5 Å². The highest BCUT2D eigenvalue weighted by molar-refractivity contribution is 6.31. The molecule has 0 unspecified atom stereocenters. The molecule has 0 atom stereocenters. The molecule has 0 aliphatic heterocycles. The van der Waals surface area contributed by atoms with Gasteiger partial charge in [0.25, 0.3) is 0 Å². The van der Waals surface area contributed by atoms with Crippen molar-refractivity contribution in [2.75, 3.05) is 5.32 Å². The maximum atomic E-state index is 13.1. The van der Waals surface area contributed by atoms with Crippen LogP contribution in [-0.4, -0.2) is 0 Å². The maximum absolute atomic E-state index is 13.1. The molecule has 2 rings (SSSR count). The van der Waals surface area contributed by atoms with Crippen LogP contribution in [0.2, 0.25) is 10.0 Å². The molecule has 0 radical (unpaired) electrons. The van der Waals surface area contributed by atoms with E-state index < -0.39 is 5.82 Å². The van der Waals surface area contributed by atoms with Crippen molar-refractivity contribution < 1.29 is 8.78 Å². The predicted molar refractivity (Wildman–Crippen MR) is 70.1 cm³/mol. The molecule has 0 spiro atoms. The van der Waals surface area contributed by atoms with E-state index in [2.05, 4.69) is 5.32 Å². The molecule has 0 aliphatic carbocycles. The number of halogens is 4. The summed E-state index contributed by atoms with van der Waals surface area (Å²) >= 11 is 11.6. The molecule has 0 heterocycles. The van der Waals surface area contributed by atoms with Gasteiger partial charge in [-0.1, -0.05) is 23.2 Å². The highest BCUT2D eigenvalue weighted by atomic mass is 35.5.